The van der Waals surface area contributed by atoms with E-state index in [1.807, 2.05) is 6.07 Å². The minimum atomic E-state index is -0.957. The molecule has 6 nitrogen and oxygen atoms in total. The van der Waals surface area contributed by atoms with Gasteiger partial charge in [0.25, 0.3) is 0 Å². The number of hydrogen-bond acceptors (Lipinski definition) is 5. The molecule has 1 amide bonds. The fourth-order valence-corrected chi connectivity index (χ4v) is 3.56. The number of amides is 1. The second-order valence-electron chi connectivity index (χ2n) is 6.89. The van der Waals surface area contributed by atoms with Gasteiger partial charge in [0, 0.05) is 12.1 Å². The number of benzene rings is 1. The number of halogens is 1. The summed E-state index contributed by atoms with van der Waals surface area (Å²) < 4.78 is 10.7. The normalized spacial score (nSPS) is 23.4. The average Bonchev–Trinajstić information content (AvgIpc) is 3.45. The van der Waals surface area contributed by atoms with E-state index in [1.165, 1.54) is 7.11 Å². The molecule has 0 bridgehead atoms. The van der Waals surface area contributed by atoms with E-state index < -0.39 is 11.4 Å². The van der Waals surface area contributed by atoms with Crippen LogP contribution in [-0.4, -0.2) is 31.1 Å². The van der Waals surface area contributed by atoms with E-state index in [-0.39, 0.29) is 18.1 Å². The van der Waals surface area contributed by atoms with Crippen molar-refractivity contribution >= 4 is 23.5 Å². The number of nitrogens with zero attached hydrogens (tertiary/aromatic N) is 1. The lowest BCUT2D eigenvalue weighted by atomic mass is 9.92. The highest BCUT2D eigenvalue weighted by atomic mass is 35.5. The molecule has 1 aromatic carbocycles. The van der Waals surface area contributed by atoms with Crippen LogP contribution in [0.15, 0.2) is 18.2 Å². The zero-order valence-electron chi connectivity index (χ0n) is 14.6. The fraction of sp³-hybridized carbons (Fsp3) is 0.526. The summed E-state index contributed by atoms with van der Waals surface area (Å²) in [7, 11) is 1.31. The Morgan fingerprint density at radius 3 is 2.50 bits per heavy atom. The van der Waals surface area contributed by atoms with Gasteiger partial charge in [-0.2, -0.15) is 5.26 Å². The molecule has 0 heterocycles. The topological polar surface area (TPSA) is 88.4 Å². The third-order valence-electron chi connectivity index (χ3n) is 5.13. The van der Waals surface area contributed by atoms with Gasteiger partial charge >= 0.3 is 5.97 Å². The fourth-order valence-electron chi connectivity index (χ4n) is 3.35. The monoisotopic (exact) mass is 376 g/mol. The minimum Gasteiger partial charge on any atom is -0.490 e. The molecule has 7 heteroatoms. The Hall–Kier alpha value is -2.26. The second-order valence-corrected chi connectivity index (χ2v) is 7.30. The van der Waals surface area contributed by atoms with Gasteiger partial charge in [-0.05, 0) is 50.7 Å². The number of rotatable bonds is 5. The van der Waals surface area contributed by atoms with Crippen molar-refractivity contribution in [3.8, 4) is 11.8 Å². The van der Waals surface area contributed by atoms with E-state index in [0.717, 1.165) is 25.7 Å². The molecule has 138 valence electrons. The zero-order chi connectivity index (χ0) is 18.7. The molecule has 0 spiro atoms. The van der Waals surface area contributed by atoms with E-state index >= 15 is 0 Å². The molecule has 1 N–H and O–H groups in total. The molecule has 3 rings (SSSR count). The number of carbonyl (C=O) groups is 2. The molecule has 0 aromatic heterocycles. The van der Waals surface area contributed by atoms with Crippen molar-refractivity contribution in [2.24, 2.45) is 5.41 Å². The zero-order valence-corrected chi connectivity index (χ0v) is 15.3. The van der Waals surface area contributed by atoms with Crippen LogP contribution in [0.3, 0.4) is 0 Å². The molecule has 0 radical (unpaired) electrons. The molecule has 0 atom stereocenters. The first-order chi connectivity index (χ1) is 12.5. The van der Waals surface area contributed by atoms with E-state index in [4.69, 9.17) is 26.3 Å². The highest BCUT2D eigenvalue weighted by Crippen LogP contribution is 2.47. The van der Waals surface area contributed by atoms with Gasteiger partial charge in [0.2, 0.25) is 5.91 Å². The van der Waals surface area contributed by atoms with E-state index in [2.05, 4.69) is 5.32 Å². The predicted octanol–water partition coefficient (Wildman–Crippen LogP) is 2.97. The molecule has 2 fully saturated rings. The SMILES string of the molecule is COC(=O)C1(C(=O)NC2CCC(Oc3ccc(C#N)c(Cl)c3)CC2)CC1. The van der Waals surface area contributed by atoms with Gasteiger partial charge < -0.3 is 14.8 Å². The lowest BCUT2D eigenvalue weighted by molar-refractivity contribution is -0.152. The Morgan fingerprint density at radius 1 is 1.27 bits per heavy atom. The van der Waals surface area contributed by atoms with Gasteiger partial charge in [0.05, 0.1) is 23.8 Å². The van der Waals surface area contributed by atoms with Crippen LogP contribution in [0.25, 0.3) is 0 Å². The van der Waals surface area contributed by atoms with Crippen LogP contribution in [0.2, 0.25) is 5.02 Å². The maximum absolute atomic E-state index is 12.4. The Morgan fingerprint density at radius 2 is 1.96 bits per heavy atom. The summed E-state index contributed by atoms with van der Waals surface area (Å²) in [5.41, 5.74) is -0.536. The van der Waals surface area contributed by atoms with Gasteiger partial charge in [-0.25, -0.2) is 0 Å². The minimum absolute atomic E-state index is 0.0441. The second kappa shape index (κ2) is 7.55. The molecule has 1 aromatic rings. The van der Waals surface area contributed by atoms with Crippen LogP contribution in [-0.2, 0) is 14.3 Å². The van der Waals surface area contributed by atoms with Crippen molar-refractivity contribution < 1.29 is 19.1 Å². The maximum Gasteiger partial charge on any atom is 0.321 e. The third kappa shape index (κ3) is 3.78. The predicted molar refractivity (Wildman–Crippen MR) is 94.7 cm³/mol. The number of esters is 1. The van der Waals surface area contributed by atoms with Crippen LogP contribution in [0, 0.1) is 16.7 Å². The van der Waals surface area contributed by atoms with E-state index in [9.17, 15) is 9.59 Å². The highest BCUT2D eigenvalue weighted by molar-refractivity contribution is 6.31. The standard InChI is InChI=1S/C19H21ClN2O4/c1-25-18(24)19(8-9-19)17(23)22-13-3-6-14(7-4-13)26-15-5-2-12(11-21)16(20)10-15/h2,5,10,13-14H,3-4,6-9H2,1H3,(H,22,23). The van der Waals surface area contributed by atoms with Crippen molar-refractivity contribution in [1.82, 2.24) is 5.32 Å². The number of nitrogens with one attached hydrogen (secondary N) is 1. The summed E-state index contributed by atoms with van der Waals surface area (Å²) >= 11 is 6.03. The molecule has 2 aliphatic rings. The first kappa shape index (κ1) is 18.5. The number of nitriles is 1. The quantitative estimate of drug-likeness (QED) is 0.630. The molecule has 0 saturated heterocycles. The van der Waals surface area contributed by atoms with Crippen molar-refractivity contribution in [2.75, 3.05) is 7.11 Å². The molecule has 0 aliphatic heterocycles. The summed E-state index contributed by atoms with van der Waals surface area (Å²) in [4.78, 5) is 24.2. The van der Waals surface area contributed by atoms with Crippen LogP contribution in [0.5, 0.6) is 5.75 Å². The van der Waals surface area contributed by atoms with Crippen LogP contribution < -0.4 is 10.1 Å². The first-order valence-electron chi connectivity index (χ1n) is 8.74. The van der Waals surface area contributed by atoms with E-state index in [1.54, 1.807) is 18.2 Å². The lowest BCUT2D eigenvalue weighted by Gasteiger charge is -2.30. The number of hydrogen-bond donors (Lipinski definition) is 1. The smallest absolute Gasteiger partial charge is 0.321 e. The van der Waals surface area contributed by atoms with Crippen LogP contribution in [0.4, 0.5) is 0 Å². The van der Waals surface area contributed by atoms with Crippen LogP contribution in [0.1, 0.15) is 44.1 Å². The van der Waals surface area contributed by atoms with Crippen molar-refractivity contribution in [3.05, 3.63) is 28.8 Å². The molecule has 0 unspecified atom stereocenters. The number of methoxy groups -OCH3 is 1. The van der Waals surface area contributed by atoms with E-state index in [0.29, 0.717) is 29.2 Å². The summed E-state index contributed by atoms with van der Waals surface area (Å²) in [5, 5.41) is 12.3. The largest absolute Gasteiger partial charge is 0.490 e. The molecular formula is C19H21ClN2O4. The summed E-state index contributed by atoms with van der Waals surface area (Å²) in [6, 6.07) is 7.11. The Labute approximate surface area is 157 Å². The Kier molecular flexibility index (Phi) is 5.38. The Bertz CT molecular complexity index is 746. The molecule has 2 aliphatic carbocycles. The lowest BCUT2D eigenvalue weighted by Crippen LogP contribution is -2.45. The summed E-state index contributed by atoms with van der Waals surface area (Å²) in [6.45, 7) is 0. The van der Waals surface area contributed by atoms with Gasteiger partial charge in [0.15, 0.2) is 0 Å². The molecule has 2 saturated carbocycles. The first-order valence-corrected chi connectivity index (χ1v) is 9.12. The average molecular weight is 377 g/mol. The highest BCUT2D eigenvalue weighted by Gasteiger charge is 2.58. The molecular weight excluding hydrogens is 356 g/mol. The summed E-state index contributed by atoms with van der Waals surface area (Å²) in [5.74, 6) is -0.0126. The number of ether oxygens (including phenoxy) is 2. The van der Waals surface area contributed by atoms with Gasteiger partial charge in [-0.1, -0.05) is 11.6 Å². The maximum atomic E-state index is 12.4. The third-order valence-corrected chi connectivity index (χ3v) is 5.45. The Balaban J connectivity index is 1.49. The van der Waals surface area contributed by atoms with Gasteiger partial charge in [0.1, 0.15) is 17.2 Å². The summed E-state index contributed by atoms with van der Waals surface area (Å²) in [6.07, 6.45) is 4.34. The van der Waals surface area contributed by atoms with Crippen LogP contribution >= 0.6 is 11.6 Å². The molecule has 26 heavy (non-hydrogen) atoms. The van der Waals surface area contributed by atoms with Crippen molar-refractivity contribution in [3.63, 3.8) is 0 Å². The van der Waals surface area contributed by atoms with Crippen molar-refractivity contribution in [1.29, 1.82) is 5.26 Å². The number of carbonyl (C=O) groups excluding carboxylic acids is 2. The van der Waals surface area contributed by atoms with Crippen molar-refractivity contribution in [2.45, 2.75) is 50.7 Å². The van der Waals surface area contributed by atoms with Gasteiger partial charge in [-0.3, -0.25) is 9.59 Å². The van der Waals surface area contributed by atoms with Gasteiger partial charge in [-0.15, -0.1) is 0 Å².